The summed E-state index contributed by atoms with van der Waals surface area (Å²) in [7, 11) is 0. The highest BCUT2D eigenvalue weighted by Gasteiger charge is 2.40. The van der Waals surface area contributed by atoms with Crippen LogP contribution in [0.3, 0.4) is 0 Å². The quantitative estimate of drug-likeness (QED) is 0.524. The van der Waals surface area contributed by atoms with Crippen molar-refractivity contribution in [3.8, 4) is 0 Å². The maximum atomic E-state index is 12.2. The molecule has 0 radical (unpaired) electrons. The zero-order valence-corrected chi connectivity index (χ0v) is 13.4. The number of nitro benzene ring substituents is 1. The second kappa shape index (κ2) is 6.10. The number of nitrogens with one attached hydrogen (secondary N) is 1. The van der Waals surface area contributed by atoms with Crippen LogP contribution in [0, 0.1) is 34.8 Å². The lowest BCUT2D eigenvalue weighted by atomic mass is 9.86. The third-order valence-electron chi connectivity index (χ3n) is 5.26. The third-order valence-corrected chi connectivity index (χ3v) is 5.26. The second-order valence-corrected chi connectivity index (χ2v) is 6.73. The van der Waals surface area contributed by atoms with E-state index >= 15 is 0 Å². The zero-order valence-electron chi connectivity index (χ0n) is 13.4. The summed E-state index contributed by atoms with van der Waals surface area (Å²) in [5.74, 6) is 1.73. The van der Waals surface area contributed by atoms with Gasteiger partial charge in [-0.15, -0.1) is 0 Å². The summed E-state index contributed by atoms with van der Waals surface area (Å²) in [6.07, 6.45) is 5.10. The van der Waals surface area contributed by atoms with Gasteiger partial charge in [-0.25, -0.2) is 5.43 Å². The Labute approximate surface area is 135 Å². The van der Waals surface area contributed by atoms with E-state index in [4.69, 9.17) is 0 Å². The van der Waals surface area contributed by atoms with Crippen molar-refractivity contribution in [2.24, 2.45) is 22.9 Å². The minimum atomic E-state index is -0.450. The number of benzene rings is 1. The molecule has 3 atom stereocenters. The van der Waals surface area contributed by atoms with Gasteiger partial charge in [-0.3, -0.25) is 14.9 Å². The summed E-state index contributed by atoms with van der Waals surface area (Å²) >= 11 is 0. The van der Waals surface area contributed by atoms with Crippen molar-refractivity contribution in [3.63, 3.8) is 0 Å². The first-order valence-corrected chi connectivity index (χ1v) is 8.05. The summed E-state index contributed by atoms with van der Waals surface area (Å²) in [6.45, 7) is 3.60. The van der Waals surface area contributed by atoms with Gasteiger partial charge in [-0.2, -0.15) is 5.10 Å². The number of nitrogens with zero attached hydrogens (tertiary/aromatic N) is 2. The van der Waals surface area contributed by atoms with Gasteiger partial charge in [0.15, 0.2) is 0 Å². The molecule has 2 saturated carbocycles. The molecule has 1 aromatic carbocycles. The molecule has 0 unspecified atom stereocenters. The monoisotopic (exact) mass is 315 g/mol. The van der Waals surface area contributed by atoms with Crippen molar-refractivity contribution < 1.29 is 9.72 Å². The van der Waals surface area contributed by atoms with Crippen molar-refractivity contribution in [3.05, 3.63) is 39.4 Å². The molecule has 2 fully saturated rings. The van der Waals surface area contributed by atoms with E-state index in [0.29, 0.717) is 17.0 Å². The van der Waals surface area contributed by atoms with Gasteiger partial charge in [0.05, 0.1) is 4.92 Å². The maximum absolute atomic E-state index is 12.2. The molecule has 6 heteroatoms. The van der Waals surface area contributed by atoms with Crippen LogP contribution < -0.4 is 5.43 Å². The van der Waals surface area contributed by atoms with Crippen LogP contribution in [-0.2, 0) is 0 Å². The topological polar surface area (TPSA) is 84.6 Å². The predicted octanol–water partition coefficient (Wildman–Crippen LogP) is 3.45. The van der Waals surface area contributed by atoms with Crippen LogP contribution >= 0.6 is 0 Å². The predicted molar refractivity (Wildman–Crippen MR) is 87.3 cm³/mol. The summed E-state index contributed by atoms with van der Waals surface area (Å²) in [5.41, 5.74) is 4.45. The molecular weight excluding hydrogens is 294 g/mol. The van der Waals surface area contributed by atoms with Crippen LogP contribution in [0.2, 0.25) is 0 Å². The number of fused-ring (bicyclic) bond motifs is 2. The molecule has 2 aliphatic carbocycles. The molecule has 23 heavy (non-hydrogen) atoms. The summed E-state index contributed by atoms with van der Waals surface area (Å²) < 4.78 is 0. The van der Waals surface area contributed by atoms with Crippen molar-refractivity contribution >= 4 is 17.3 Å². The molecule has 0 spiro atoms. The van der Waals surface area contributed by atoms with Gasteiger partial charge in [-0.1, -0.05) is 6.42 Å². The first-order valence-electron chi connectivity index (χ1n) is 8.05. The van der Waals surface area contributed by atoms with E-state index in [2.05, 4.69) is 10.5 Å². The van der Waals surface area contributed by atoms with Gasteiger partial charge in [0.25, 0.3) is 11.6 Å². The largest absolute Gasteiger partial charge is 0.272 e. The Morgan fingerprint density at radius 2 is 2.13 bits per heavy atom. The first kappa shape index (κ1) is 15.6. The highest BCUT2D eigenvalue weighted by molar-refractivity contribution is 5.96. The summed E-state index contributed by atoms with van der Waals surface area (Å²) in [4.78, 5) is 22.5. The minimum absolute atomic E-state index is 0.0169. The van der Waals surface area contributed by atoms with E-state index in [1.54, 1.807) is 6.92 Å². The van der Waals surface area contributed by atoms with Crippen LogP contribution in [0.25, 0.3) is 0 Å². The van der Waals surface area contributed by atoms with Gasteiger partial charge in [-0.05, 0) is 57.1 Å². The lowest BCUT2D eigenvalue weighted by Gasteiger charge is -2.21. The fourth-order valence-corrected chi connectivity index (χ4v) is 4.04. The fraction of sp³-hybridized carbons (Fsp3) is 0.529. The standard InChI is InChI=1S/C17H21N3O3/c1-10-7-14(5-6-16(10)20(22)23)17(21)19-18-11(2)15-9-12-3-4-13(15)8-12/h5-7,12-13,15H,3-4,8-9H2,1-2H3,(H,19,21)/t12-,13-,15+/m0/s1. The van der Waals surface area contributed by atoms with Crippen molar-refractivity contribution in [1.29, 1.82) is 0 Å². The molecule has 1 amide bonds. The normalized spacial score (nSPS) is 26.3. The molecule has 0 aliphatic heterocycles. The van der Waals surface area contributed by atoms with Crippen molar-refractivity contribution in [2.45, 2.75) is 39.5 Å². The second-order valence-electron chi connectivity index (χ2n) is 6.73. The van der Waals surface area contributed by atoms with Gasteiger partial charge in [0, 0.05) is 28.8 Å². The Hall–Kier alpha value is -2.24. The molecule has 6 nitrogen and oxygen atoms in total. The number of hydrazone groups is 1. The molecule has 2 bridgehead atoms. The molecule has 1 aromatic rings. The molecule has 3 rings (SSSR count). The molecular formula is C17H21N3O3. The number of rotatable bonds is 4. The molecule has 0 saturated heterocycles. The van der Waals surface area contributed by atoms with Crippen LogP contribution in [0.1, 0.15) is 48.5 Å². The fourth-order valence-electron chi connectivity index (χ4n) is 4.04. The third kappa shape index (κ3) is 3.11. The minimum Gasteiger partial charge on any atom is -0.267 e. The average molecular weight is 315 g/mol. The van der Waals surface area contributed by atoms with E-state index in [0.717, 1.165) is 17.5 Å². The highest BCUT2D eigenvalue weighted by atomic mass is 16.6. The van der Waals surface area contributed by atoms with Gasteiger partial charge >= 0.3 is 0 Å². The van der Waals surface area contributed by atoms with Crippen molar-refractivity contribution in [1.82, 2.24) is 5.43 Å². The van der Waals surface area contributed by atoms with E-state index in [-0.39, 0.29) is 11.6 Å². The number of carbonyl (C=O) groups is 1. The van der Waals surface area contributed by atoms with Crippen molar-refractivity contribution in [2.75, 3.05) is 0 Å². The number of hydrogen-bond donors (Lipinski definition) is 1. The highest BCUT2D eigenvalue weighted by Crippen LogP contribution is 2.48. The van der Waals surface area contributed by atoms with Gasteiger partial charge in [0.1, 0.15) is 0 Å². The molecule has 1 N–H and O–H groups in total. The Balaban J connectivity index is 1.66. The number of hydrogen-bond acceptors (Lipinski definition) is 4. The zero-order chi connectivity index (χ0) is 16.6. The van der Waals surface area contributed by atoms with Crippen LogP contribution in [-0.4, -0.2) is 16.5 Å². The number of nitro groups is 1. The lowest BCUT2D eigenvalue weighted by Crippen LogP contribution is -2.24. The van der Waals surface area contributed by atoms with E-state index in [9.17, 15) is 14.9 Å². The van der Waals surface area contributed by atoms with Crippen LogP contribution in [0.5, 0.6) is 0 Å². The van der Waals surface area contributed by atoms with Crippen LogP contribution in [0.4, 0.5) is 5.69 Å². The Morgan fingerprint density at radius 1 is 1.35 bits per heavy atom. The Bertz CT molecular complexity index is 684. The Morgan fingerprint density at radius 3 is 2.70 bits per heavy atom. The summed E-state index contributed by atoms with van der Waals surface area (Å²) in [6, 6.07) is 4.34. The Kier molecular flexibility index (Phi) is 4.15. The number of amides is 1. The number of carbonyl (C=O) groups excluding carboxylic acids is 1. The maximum Gasteiger partial charge on any atom is 0.272 e. The average Bonchev–Trinajstić information content (AvgIpc) is 3.14. The number of aryl methyl sites for hydroxylation is 1. The SMILES string of the molecule is CC(=NNC(=O)c1ccc([N+](=O)[O-])c(C)c1)[C@H]1C[C@H]2CC[C@H]1C2. The molecule has 122 valence electrons. The smallest absolute Gasteiger partial charge is 0.267 e. The molecule has 0 heterocycles. The van der Waals surface area contributed by atoms with E-state index in [1.807, 2.05) is 6.92 Å². The summed E-state index contributed by atoms with van der Waals surface area (Å²) in [5, 5.41) is 15.1. The molecule has 0 aromatic heterocycles. The van der Waals surface area contributed by atoms with Gasteiger partial charge < -0.3 is 0 Å². The van der Waals surface area contributed by atoms with Crippen LogP contribution in [0.15, 0.2) is 23.3 Å². The van der Waals surface area contributed by atoms with Gasteiger partial charge in [0.2, 0.25) is 0 Å². The van der Waals surface area contributed by atoms with E-state index in [1.165, 1.54) is 43.9 Å². The lowest BCUT2D eigenvalue weighted by molar-refractivity contribution is -0.385. The molecule has 2 aliphatic rings. The first-order chi connectivity index (χ1) is 11.0. The van der Waals surface area contributed by atoms with E-state index < -0.39 is 4.92 Å².